The van der Waals surface area contributed by atoms with Crippen LogP contribution >= 0.6 is 0 Å². The van der Waals surface area contributed by atoms with Crippen LogP contribution in [0.3, 0.4) is 0 Å². The van der Waals surface area contributed by atoms with Crippen molar-refractivity contribution in [2.24, 2.45) is 0 Å². The van der Waals surface area contributed by atoms with E-state index in [1.165, 1.54) is 0 Å². The molecular weight excluding hydrogens is 434 g/mol. The molecule has 0 fully saturated rings. The Morgan fingerprint density at radius 3 is 1.21 bits per heavy atom. The molecule has 2 aromatic rings. The summed E-state index contributed by atoms with van der Waals surface area (Å²) in [7, 11) is 0. The van der Waals surface area contributed by atoms with Crippen molar-refractivity contribution in [3.8, 4) is 22.6 Å². The number of aromatic hydroxyl groups is 2. The third kappa shape index (κ3) is 7.15. The van der Waals surface area contributed by atoms with Crippen LogP contribution in [0.4, 0.5) is 8.78 Å². The van der Waals surface area contributed by atoms with Crippen LogP contribution in [0, 0.1) is 0 Å². The normalized spacial score (nSPS) is 11.4. The quantitative estimate of drug-likeness (QED) is 0.349. The van der Waals surface area contributed by atoms with Gasteiger partial charge < -0.3 is 10.2 Å². The molecule has 0 amide bonds. The zero-order chi connectivity index (χ0) is 25.4. The van der Waals surface area contributed by atoms with Gasteiger partial charge >= 0.3 is 0 Å². The lowest BCUT2D eigenvalue weighted by Gasteiger charge is -2.22. The zero-order valence-electron chi connectivity index (χ0n) is 20.9. The van der Waals surface area contributed by atoms with Gasteiger partial charge in [-0.15, -0.1) is 0 Å². The molecule has 0 aliphatic heterocycles. The fraction of sp³-hybridized carbons (Fsp3) is 0.429. The average molecular weight is 473 g/mol. The van der Waals surface area contributed by atoms with E-state index in [9.17, 15) is 19.0 Å². The third-order valence-corrected chi connectivity index (χ3v) is 6.21. The van der Waals surface area contributed by atoms with E-state index in [1.54, 1.807) is 12.1 Å². The van der Waals surface area contributed by atoms with E-state index in [0.29, 0.717) is 35.3 Å². The summed E-state index contributed by atoms with van der Waals surface area (Å²) < 4.78 is 27.5. The molecule has 0 bridgehead atoms. The predicted molar refractivity (Wildman–Crippen MR) is 136 cm³/mol. The first kappa shape index (κ1) is 27.5. The van der Waals surface area contributed by atoms with Crippen LogP contribution in [-0.2, 0) is 25.9 Å². The number of phenolic OH excluding ortho intramolecular Hbond substituents is 2. The minimum atomic E-state index is -0.538. The highest BCUT2D eigenvalue weighted by Crippen LogP contribution is 2.37. The van der Waals surface area contributed by atoms with Gasteiger partial charge in [-0.05, 0) is 61.6 Å². The van der Waals surface area contributed by atoms with Crippen LogP contribution in [0.25, 0.3) is 11.1 Å². The van der Waals surface area contributed by atoms with Crippen molar-refractivity contribution < 1.29 is 19.0 Å². The Morgan fingerprint density at radius 1 is 0.647 bits per heavy atom. The molecule has 2 rings (SSSR count). The largest absolute Gasteiger partial charge is 0.507 e. The summed E-state index contributed by atoms with van der Waals surface area (Å²) >= 11 is 0. The van der Waals surface area contributed by atoms with Crippen molar-refractivity contribution >= 4 is 0 Å². The molecule has 0 aliphatic rings. The molecule has 2 aromatic carbocycles. The predicted octanol–water partition coefficient (Wildman–Crippen LogP) is 6.50. The van der Waals surface area contributed by atoms with E-state index in [4.69, 9.17) is 0 Å². The molecule has 186 valence electrons. The van der Waals surface area contributed by atoms with E-state index in [0.717, 1.165) is 37.3 Å². The molecule has 0 saturated heterocycles. The Balaban J connectivity index is 2.70. The number of allylic oxidation sites excluding steroid dienone is 2. The molecule has 0 unspecified atom stereocenters. The van der Waals surface area contributed by atoms with Gasteiger partial charge in [0.25, 0.3) is 0 Å². The number of phenols is 2. The van der Waals surface area contributed by atoms with E-state index < -0.39 is 11.7 Å². The molecular formula is C28H38F2N2O2. The van der Waals surface area contributed by atoms with Gasteiger partial charge in [0.1, 0.15) is 11.5 Å². The summed E-state index contributed by atoms with van der Waals surface area (Å²) in [6.07, 6.45) is -0.188. The lowest BCUT2D eigenvalue weighted by atomic mass is 9.92. The minimum absolute atomic E-state index is 0.0638. The molecule has 0 spiro atoms. The number of halogens is 2. The van der Waals surface area contributed by atoms with Gasteiger partial charge in [0.05, 0.1) is 11.7 Å². The fourth-order valence-electron chi connectivity index (χ4n) is 4.15. The number of hydrogen-bond donors (Lipinski definition) is 2. The average Bonchev–Trinajstić information content (AvgIpc) is 2.79. The highest BCUT2D eigenvalue weighted by Gasteiger charge is 2.18. The van der Waals surface area contributed by atoms with Crippen LogP contribution in [0.2, 0.25) is 0 Å². The second-order valence-corrected chi connectivity index (χ2v) is 8.60. The summed E-state index contributed by atoms with van der Waals surface area (Å²) in [4.78, 5) is 4.32. The maximum Gasteiger partial charge on any atom is 0.123 e. The molecule has 4 nitrogen and oxygen atoms in total. The fourth-order valence-corrected chi connectivity index (χ4v) is 4.15. The van der Waals surface area contributed by atoms with Crippen LogP contribution in [0.5, 0.6) is 11.5 Å². The molecule has 0 radical (unpaired) electrons. The third-order valence-electron chi connectivity index (χ3n) is 6.21. The van der Waals surface area contributed by atoms with Gasteiger partial charge in [0, 0.05) is 48.2 Å². The summed E-state index contributed by atoms with van der Waals surface area (Å²) in [5, 5.41) is 21.7. The van der Waals surface area contributed by atoms with E-state index in [1.807, 2.05) is 39.8 Å². The highest BCUT2D eigenvalue weighted by molar-refractivity contribution is 5.71. The second-order valence-electron chi connectivity index (χ2n) is 8.60. The molecule has 0 atom stereocenters. The summed E-state index contributed by atoms with van der Waals surface area (Å²) in [6.45, 7) is 19.2. The molecule has 0 aliphatic carbocycles. The number of nitrogens with zero attached hydrogens (tertiary/aromatic N) is 2. The van der Waals surface area contributed by atoms with Crippen LogP contribution in [0.1, 0.15) is 49.9 Å². The smallest absolute Gasteiger partial charge is 0.123 e. The van der Waals surface area contributed by atoms with Crippen molar-refractivity contribution in [1.82, 2.24) is 9.80 Å². The molecule has 0 aromatic heterocycles. The topological polar surface area (TPSA) is 46.9 Å². The van der Waals surface area contributed by atoms with Crippen molar-refractivity contribution in [2.75, 3.05) is 26.2 Å². The Hall–Kier alpha value is -2.70. The monoisotopic (exact) mass is 472 g/mol. The molecule has 0 saturated carbocycles. The molecule has 0 heterocycles. The Bertz CT molecular complexity index is 930. The Kier molecular flexibility index (Phi) is 10.3. The standard InChI is InChI=1S/C28H38F2N2O2/c1-7-31(8-2)17-25-15-21(13-23(27(25)33)11-19(5)29)22-14-24(12-20(6)30)28(34)26(16-22)18-32(9-3)10-4/h13-16,33-34H,5-12,17-18H2,1-4H3. The van der Waals surface area contributed by atoms with Crippen LogP contribution in [-0.4, -0.2) is 46.2 Å². The first-order valence-electron chi connectivity index (χ1n) is 11.9. The maximum atomic E-state index is 13.8. The Morgan fingerprint density at radius 2 is 0.941 bits per heavy atom. The molecule has 34 heavy (non-hydrogen) atoms. The van der Waals surface area contributed by atoms with Crippen molar-refractivity contribution in [2.45, 2.75) is 53.6 Å². The van der Waals surface area contributed by atoms with Crippen molar-refractivity contribution in [3.63, 3.8) is 0 Å². The number of rotatable bonds is 13. The van der Waals surface area contributed by atoms with Crippen molar-refractivity contribution in [1.29, 1.82) is 0 Å². The van der Waals surface area contributed by atoms with Gasteiger partial charge in [0.15, 0.2) is 0 Å². The Labute approximate surface area is 202 Å². The van der Waals surface area contributed by atoms with Crippen LogP contribution < -0.4 is 0 Å². The highest BCUT2D eigenvalue weighted by atomic mass is 19.1. The van der Waals surface area contributed by atoms with Gasteiger partial charge in [-0.1, -0.05) is 40.9 Å². The van der Waals surface area contributed by atoms with Gasteiger partial charge in [-0.3, -0.25) is 9.80 Å². The first-order valence-corrected chi connectivity index (χ1v) is 11.9. The lowest BCUT2D eigenvalue weighted by Crippen LogP contribution is -2.22. The SMILES string of the molecule is C=C(F)Cc1cc(-c2cc(CC(=C)F)c(O)c(CN(CC)CC)c2)cc(CN(CC)CC)c1O. The van der Waals surface area contributed by atoms with Crippen molar-refractivity contribution in [3.05, 3.63) is 71.3 Å². The zero-order valence-corrected chi connectivity index (χ0v) is 20.9. The molecule has 2 N–H and O–H groups in total. The lowest BCUT2D eigenvalue weighted by molar-refractivity contribution is 0.290. The minimum Gasteiger partial charge on any atom is -0.507 e. The summed E-state index contributed by atoms with van der Waals surface area (Å²) in [5.41, 5.74) is 3.80. The first-order chi connectivity index (χ1) is 16.1. The maximum absolute atomic E-state index is 13.8. The van der Waals surface area contributed by atoms with Gasteiger partial charge in [-0.2, -0.15) is 0 Å². The van der Waals surface area contributed by atoms with Gasteiger partial charge in [-0.25, -0.2) is 8.78 Å². The second kappa shape index (κ2) is 12.7. The van der Waals surface area contributed by atoms with Gasteiger partial charge in [0.2, 0.25) is 0 Å². The summed E-state index contributed by atoms with van der Waals surface area (Å²) in [6, 6.07) is 7.26. The van der Waals surface area contributed by atoms with E-state index in [-0.39, 0.29) is 24.3 Å². The molecule has 6 heteroatoms. The summed E-state index contributed by atoms with van der Waals surface area (Å²) in [5.74, 6) is -0.949. The number of benzene rings is 2. The van der Waals surface area contributed by atoms with E-state index in [2.05, 4.69) is 23.0 Å². The number of hydrogen-bond acceptors (Lipinski definition) is 4. The van der Waals surface area contributed by atoms with Crippen LogP contribution in [0.15, 0.2) is 49.1 Å². The van der Waals surface area contributed by atoms with E-state index >= 15 is 0 Å².